The predicted molar refractivity (Wildman–Crippen MR) is 106 cm³/mol. The third-order valence-electron chi connectivity index (χ3n) is 3.88. The Morgan fingerprint density at radius 2 is 1.96 bits per heavy atom. The smallest absolute Gasteiger partial charge is 0.321 e. The molecule has 6 heteroatoms. The van der Waals surface area contributed by atoms with Crippen molar-refractivity contribution in [3.05, 3.63) is 65.2 Å². The van der Waals surface area contributed by atoms with Crippen molar-refractivity contribution in [2.45, 2.75) is 11.1 Å². The number of nitrogens with one attached hydrogen (secondary N) is 1. The molecule has 1 heterocycles. The van der Waals surface area contributed by atoms with Gasteiger partial charge in [0.1, 0.15) is 0 Å². The van der Waals surface area contributed by atoms with E-state index in [1.807, 2.05) is 47.8 Å². The summed E-state index contributed by atoms with van der Waals surface area (Å²) in [6.45, 7) is 0.492. The highest BCUT2D eigenvalue weighted by atomic mass is 32.2. The number of thioether (sulfide) groups is 2. The highest BCUT2D eigenvalue weighted by molar-refractivity contribution is 8.19. The van der Waals surface area contributed by atoms with Crippen LogP contribution in [-0.2, 0) is 6.54 Å². The Morgan fingerprint density at radius 1 is 1.24 bits per heavy atom. The largest absolute Gasteiger partial charge is 0.323 e. The Hall–Kier alpha value is -2.10. The van der Waals surface area contributed by atoms with Gasteiger partial charge in [0, 0.05) is 30.8 Å². The zero-order valence-corrected chi connectivity index (χ0v) is 15.6. The first-order valence-electron chi connectivity index (χ1n) is 8.00. The maximum atomic E-state index is 12.4. The number of hydrogen-bond donors (Lipinski definition) is 1. The second-order valence-electron chi connectivity index (χ2n) is 5.79. The lowest BCUT2D eigenvalue weighted by Gasteiger charge is -2.19. The summed E-state index contributed by atoms with van der Waals surface area (Å²) >= 11 is 3.90. The molecule has 0 spiro atoms. The maximum Gasteiger partial charge on any atom is 0.321 e. The average Bonchev–Trinajstić information content (AvgIpc) is 3.17. The molecule has 0 unspecified atom stereocenters. The minimum Gasteiger partial charge on any atom is -0.323 e. The zero-order valence-electron chi connectivity index (χ0n) is 13.9. The average molecular weight is 370 g/mol. The van der Waals surface area contributed by atoms with Crippen LogP contribution in [0.2, 0.25) is 0 Å². The molecule has 0 aromatic heterocycles. The highest BCUT2D eigenvalue weighted by Crippen LogP contribution is 2.45. The van der Waals surface area contributed by atoms with Crippen LogP contribution in [0.25, 0.3) is 0 Å². The molecule has 4 nitrogen and oxygen atoms in total. The van der Waals surface area contributed by atoms with Gasteiger partial charge in [-0.2, -0.15) is 5.26 Å². The lowest BCUT2D eigenvalue weighted by Crippen LogP contribution is -2.30. The Bertz CT molecular complexity index is 780. The van der Waals surface area contributed by atoms with Crippen LogP contribution in [0, 0.1) is 11.3 Å². The summed E-state index contributed by atoms with van der Waals surface area (Å²) in [5, 5.41) is 11.8. The van der Waals surface area contributed by atoms with Gasteiger partial charge in [-0.05, 0) is 35.4 Å². The molecule has 2 aromatic carbocycles. The van der Waals surface area contributed by atoms with Gasteiger partial charge in [-0.25, -0.2) is 4.79 Å². The number of anilines is 1. The second kappa shape index (κ2) is 8.32. The number of nitriles is 1. The van der Waals surface area contributed by atoms with Crippen LogP contribution < -0.4 is 5.32 Å². The minimum atomic E-state index is -0.145. The summed E-state index contributed by atoms with van der Waals surface area (Å²) in [6, 6.07) is 17.3. The van der Waals surface area contributed by atoms with Crippen LogP contribution >= 0.6 is 23.5 Å². The summed E-state index contributed by atoms with van der Waals surface area (Å²) in [6.07, 6.45) is 0. The molecular weight excluding hydrogens is 350 g/mol. The first kappa shape index (κ1) is 17.7. The molecule has 1 N–H and O–H groups in total. The molecule has 1 aliphatic rings. The Kier molecular flexibility index (Phi) is 5.90. The molecule has 0 aliphatic carbocycles. The fraction of sp³-hybridized carbons (Fsp3) is 0.263. The van der Waals surface area contributed by atoms with E-state index in [1.54, 1.807) is 24.1 Å². The number of hydrogen-bond acceptors (Lipinski definition) is 4. The Balaban J connectivity index is 1.61. The highest BCUT2D eigenvalue weighted by Gasteiger charge is 2.18. The monoisotopic (exact) mass is 369 g/mol. The van der Waals surface area contributed by atoms with Crippen LogP contribution in [0.5, 0.6) is 0 Å². The summed E-state index contributed by atoms with van der Waals surface area (Å²) in [4.78, 5) is 14.1. The molecule has 128 valence electrons. The first-order valence-corrected chi connectivity index (χ1v) is 10.1. The zero-order chi connectivity index (χ0) is 17.6. The molecule has 0 radical (unpaired) electrons. The van der Waals surface area contributed by atoms with Crippen molar-refractivity contribution in [3.8, 4) is 6.07 Å². The van der Waals surface area contributed by atoms with Crippen molar-refractivity contribution in [1.82, 2.24) is 4.90 Å². The van der Waals surface area contributed by atoms with E-state index in [2.05, 4.69) is 23.5 Å². The first-order chi connectivity index (χ1) is 12.2. The topological polar surface area (TPSA) is 56.1 Å². The Labute approximate surface area is 156 Å². The minimum absolute atomic E-state index is 0.145. The van der Waals surface area contributed by atoms with E-state index in [0.29, 0.717) is 16.7 Å². The maximum absolute atomic E-state index is 12.4. The number of urea groups is 1. The fourth-order valence-electron chi connectivity index (χ4n) is 2.56. The van der Waals surface area contributed by atoms with Gasteiger partial charge < -0.3 is 10.2 Å². The van der Waals surface area contributed by atoms with E-state index >= 15 is 0 Å². The van der Waals surface area contributed by atoms with Crippen molar-refractivity contribution < 1.29 is 4.79 Å². The lowest BCUT2D eigenvalue weighted by molar-refractivity contribution is 0.220. The van der Waals surface area contributed by atoms with Gasteiger partial charge in [-0.15, -0.1) is 23.5 Å². The molecule has 1 aliphatic heterocycles. The van der Waals surface area contributed by atoms with Crippen LogP contribution in [0.4, 0.5) is 10.5 Å². The second-order valence-corrected chi connectivity index (χ2v) is 8.52. The van der Waals surface area contributed by atoms with Gasteiger partial charge in [0.25, 0.3) is 0 Å². The van der Waals surface area contributed by atoms with Crippen LogP contribution in [-0.4, -0.2) is 29.5 Å². The van der Waals surface area contributed by atoms with E-state index in [0.717, 1.165) is 11.3 Å². The van der Waals surface area contributed by atoms with Gasteiger partial charge in [-0.1, -0.05) is 24.3 Å². The van der Waals surface area contributed by atoms with Crippen molar-refractivity contribution in [2.24, 2.45) is 0 Å². The standard InChI is InChI=1S/C19H19N3OS2/c1-22(13-15-7-5-14(12-20)6-8-15)19(23)21-17-4-2-3-16(11-17)18-24-9-10-25-18/h2-8,11,18H,9-10,13H2,1H3,(H,21,23). The normalized spacial score (nSPS) is 14.1. The number of carbonyl (C=O) groups is 1. The molecular formula is C19H19N3OS2. The molecule has 1 fully saturated rings. The van der Waals surface area contributed by atoms with E-state index in [1.165, 1.54) is 17.1 Å². The van der Waals surface area contributed by atoms with Gasteiger partial charge in [0.2, 0.25) is 0 Å². The summed E-state index contributed by atoms with van der Waals surface area (Å²) in [5.74, 6) is 2.36. The molecule has 2 aromatic rings. The molecule has 1 saturated heterocycles. The summed E-state index contributed by atoms with van der Waals surface area (Å²) in [7, 11) is 1.76. The molecule has 0 atom stereocenters. The third-order valence-corrected chi connectivity index (χ3v) is 6.99. The van der Waals surface area contributed by atoms with Crippen LogP contribution in [0.15, 0.2) is 48.5 Å². The number of rotatable bonds is 4. The molecule has 0 saturated carbocycles. The predicted octanol–water partition coefficient (Wildman–Crippen LogP) is 4.70. The van der Waals surface area contributed by atoms with Crippen molar-refractivity contribution in [2.75, 3.05) is 23.9 Å². The number of amides is 2. The van der Waals surface area contributed by atoms with Crippen LogP contribution in [0.3, 0.4) is 0 Å². The SMILES string of the molecule is CN(Cc1ccc(C#N)cc1)C(=O)Nc1cccc(C2SCCS2)c1. The van der Waals surface area contributed by atoms with E-state index in [-0.39, 0.29) is 6.03 Å². The Morgan fingerprint density at radius 3 is 2.64 bits per heavy atom. The van der Waals surface area contributed by atoms with Gasteiger partial charge >= 0.3 is 6.03 Å². The van der Waals surface area contributed by atoms with Gasteiger partial charge in [0.05, 0.1) is 16.2 Å². The van der Waals surface area contributed by atoms with Crippen molar-refractivity contribution in [3.63, 3.8) is 0 Å². The molecule has 3 rings (SSSR count). The van der Waals surface area contributed by atoms with E-state index < -0.39 is 0 Å². The number of benzene rings is 2. The summed E-state index contributed by atoms with van der Waals surface area (Å²) in [5.41, 5.74) is 3.68. The van der Waals surface area contributed by atoms with Gasteiger partial charge in [-0.3, -0.25) is 0 Å². The molecule has 0 bridgehead atoms. The lowest BCUT2D eigenvalue weighted by atomic mass is 10.1. The van der Waals surface area contributed by atoms with E-state index in [9.17, 15) is 4.79 Å². The van der Waals surface area contributed by atoms with Crippen molar-refractivity contribution in [1.29, 1.82) is 5.26 Å². The molecule has 2 amide bonds. The quantitative estimate of drug-likeness (QED) is 0.849. The fourth-order valence-corrected chi connectivity index (χ4v) is 5.40. The number of nitrogens with zero attached hydrogens (tertiary/aromatic N) is 2. The van der Waals surface area contributed by atoms with Crippen LogP contribution in [0.1, 0.15) is 21.3 Å². The van der Waals surface area contributed by atoms with E-state index in [4.69, 9.17) is 5.26 Å². The number of carbonyl (C=O) groups excluding carboxylic acids is 1. The third kappa shape index (κ3) is 4.71. The molecule has 25 heavy (non-hydrogen) atoms. The van der Waals surface area contributed by atoms with Crippen molar-refractivity contribution >= 4 is 35.2 Å². The summed E-state index contributed by atoms with van der Waals surface area (Å²) < 4.78 is 0.466. The van der Waals surface area contributed by atoms with Gasteiger partial charge in [0.15, 0.2) is 0 Å².